The second-order valence-electron chi connectivity index (χ2n) is 8.61. The molecule has 1 unspecified atom stereocenters. The van der Waals surface area contributed by atoms with E-state index < -0.39 is 11.2 Å². The Balaban J connectivity index is 1.61. The zero-order chi connectivity index (χ0) is 23.7. The molecule has 9 heteroatoms. The van der Waals surface area contributed by atoms with E-state index in [2.05, 4.69) is 48.4 Å². The molecule has 0 aliphatic rings. The minimum Gasteiger partial charge on any atom is -0.343 e. The third kappa shape index (κ3) is 4.54. The monoisotopic (exact) mass is 465 g/mol. The van der Waals surface area contributed by atoms with Gasteiger partial charge in [0.1, 0.15) is 6.54 Å². The van der Waals surface area contributed by atoms with Crippen LogP contribution in [-0.2, 0) is 31.9 Å². The van der Waals surface area contributed by atoms with Crippen LogP contribution in [0.4, 0.5) is 0 Å². The van der Waals surface area contributed by atoms with Crippen molar-refractivity contribution in [3.63, 3.8) is 0 Å². The van der Waals surface area contributed by atoms with Crippen molar-refractivity contribution >= 4 is 28.4 Å². The number of carbonyl (C=O) groups is 1. The first-order chi connectivity index (χ1) is 15.8. The summed E-state index contributed by atoms with van der Waals surface area (Å²) >= 11 is 1.58. The van der Waals surface area contributed by atoms with E-state index in [1.807, 2.05) is 17.5 Å². The fourth-order valence-electron chi connectivity index (χ4n) is 3.97. The van der Waals surface area contributed by atoms with Gasteiger partial charge in [0.05, 0.1) is 12.4 Å². The average molecular weight is 466 g/mol. The smallest absolute Gasteiger partial charge is 0.332 e. The lowest BCUT2D eigenvalue weighted by molar-refractivity contribution is -0.122. The van der Waals surface area contributed by atoms with Crippen molar-refractivity contribution in [1.29, 1.82) is 0 Å². The maximum Gasteiger partial charge on any atom is 0.332 e. The zero-order valence-corrected chi connectivity index (χ0v) is 19.9. The van der Waals surface area contributed by atoms with Gasteiger partial charge in [-0.2, -0.15) is 0 Å². The van der Waals surface area contributed by atoms with E-state index in [1.165, 1.54) is 28.1 Å². The number of amides is 1. The summed E-state index contributed by atoms with van der Waals surface area (Å²) in [5, 5.41) is 5.09. The number of rotatable bonds is 7. The van der Waals surface area contributed by atoms with Gasteiger partial charge in [-0.05, 0) is 34.9 Å². The molecule has 0 aliphatic carbocycles. The Morgan fingerprint density at radius 1 is 1.09 bits per heavy atom. The van der Waals surface area contributed by atoms with Crippen LogP contribution in [0.3, 0.4) is 0 Å². The molecular formula is C24H27N5O3S. The third-order valence-electron chi connectivity index (χ3n) is 5.62. The van der Waals surface area contributed by atoms with Crippen LogP contribution in [0.25, 0.3) is 11.2 Å². The second-order valence-corrected chi connectivity index (χ2v) is 9.59. The average Bonchev–Trinajstić information content (AvgIpc) is 3.45. The summed E-state index contributed by atoms with van der Waals surface area (Å²) in [5.74, 6) is 0.315. The maximum absolute atomic E-state index is 13.1. The predicted octanol–water partition coefficient (Wildman–Crippen LogP) is 2.60. The fourth-order valence-corrected chi connectivity index (χ4v) is 4.77. The van der Waals surface area contributed by atoms with Gasteiger partial charge in [0.15, 0.2) is 11.2 Å². The Morgan fingerprint density at radius 3 is 2.45 bits per heavy atom. The summed E-state index contributed by atoms with van der Waals surface area (Å²) in [7, 11) is 2.97. The summed E-state index contributed by atoms with van der Waals surface area (Å²) in [4.78, 5) is 43.1. The molecule has 1 atom stereocenters. The van der Waals surface area contributed by atoms with Gasteiger partial charge in [0.2, 0.25) is 5.91 Å². The highest BCUT2D eigenvalue weighted by Gasteiger charge is 2.20. The van der Waals surface area contributed by atoms with Gasteiger partial charge in [-0.3, -0.25) is 18.7 Å². The first-order valence-corrected chi connectivity index (χ1v) is 11.7. The summed E-state index contributed by atoms with van der Waals surface area (Å²) in [6, 6.07) is 12.0. The third-order valence-corrected chi connectivity index (χ3v) is 6.56. The van der Waals surface area contributed by atoms with Gasteiger partial charge in [-0.15, -0.1) is 11.3 Å². The molecule has 0 aliphatic heterocycles. The van der Waals surface area contributed by atoms with E-state index in [4.69, 9.17) is 0 Å². The molecule has 1 aromatic carbocycles. The summed E-state index contributed by atoms with van der Waals surface area (Å²) in [6.07, 6.45) is 2.42. The molecular weight excluding hydrogens is 438 g/mol. The van der Waals surface area contributed by atoms with Crippen LogP contribution in [0.1, 0.15) is 35.9 Å². The van der Waals surface area contributed by atoms with E-state index in [1.54, 1.807) is 18.4 Å². The van der Waals surface area contributed by atoms with E-state index in [0.717, 1.165) is 21.4 Å². The number of aromatic nitrogens is 4. The highest BCUT2D eigenvalue weighted by atomic mass is 32.1. The van der Waals surface area contributed by atoms with Gasteiger partial charge >= 0.3 is 5.69 Å². The van der Waals surface area contributed by atoms with Gasteiger partial charge in [0.25, 0.3) is 5.56 Å². The highest BCUT2D eigenvalue weighted by molar-refractivity contribution is 7.10. The van der Waals surface area contributed by atoms with Crippen molar-refractivity contribution in [3.8, 4) is 0 Å². The topological polar surface area (TPSA) is 90.9 Å². The van der Waals surface area contributed by atoms with E-state index in [0.29, 0.717) is 5.92 Å². The minimum absolute atomic E-state index is 0.0861. The van der Waals surface area contributed by atoms with Crippen molar-refractivity contribution in [2.24, 2.45) is 20.0 Å². The molecule has 1 amide bonds. The minimum atomic E-state index is -0.478. The number of aryl methyl sites for hydroxylation is 1. The Bertz CT molecular complexity index is 1400. The van der Waals surface area contributed by atoms with Crippen molar-refractivity contribution < 1.29 is 4.79 Å². The van der Waals surface area contributed by atoms with Gasteiger partial charge in [0, 0.05) is 19.0 Å². The van der Waals surface area contributed by atoms with Gasteiger partial charge in [-0.1, -0.05) is 44.2 Å². The van der Waals surface area contributed by atoms with Crippen LogP contribution >= 0.6 is 11.3 Å². The number of nitrogens with one attached hydrogen (secondary N) is 1. The number of imidazole rings is 1. The SMILES string of the molecule is CC(C)Cc1ccc(C(NC(=O)Cn2cnc3c2c(=O)n(C)c(=O)n3C)c2cccs2)cc1. The van der Waals surface area contributed by atoms with Gasteiger partial charge in [-0.25, -0.2) is 9.78 Å². The van der Waals surface area contributed by atoms with Crippen molar-refractivity contribution in [2.75, 3.05) is 0 Å². The number of hydrogen-bond donors (Lipinski definition) is 1. The van der Waals surface area contributed by atoms with Crippen LogP contribution in [-0.4, -0.2) is 24.6 Å². The van der Waals surface area contributed by atoms with Gasteiger partial charge < -0.3 is 9.88 Å². The molecule has 33 heavy (non-hydrogen) atoms. The molecule has 1 N–H and O–H groups in total. The van der Waals surface area contributed by atoms with Crippen LogP contribution in [0.15, 0.2) is 57.7 Å². The Labute approximate surface area is 195 Å². The normalized spacial score (nSPS) is 12.4. The lowest BCUT2D eigenvalue weighted by Crippen LogP contribution is -2.38. The highest BCUT2D eigenvalue weighted by Crippen LogP contribution is 2.27. The van der Waals surface area contributed by atoms with Crippen LogP contribution in [0.2, 0.25) is 0 Å². The first kappa shape index (κ1) is 22.7. The quantitative estimate of drug-likeness (QED) is 0.454. The number of benzene rings is 1. The molecule has 0 spiro atoms. The summed E-state index contributed by atoms with van der Waals surface area (Å²) < 4.78 is 3.81. The number of fused-ring (bicyclic) bond motifs is 1. The summed E-state index contributed by atoms with van der Waals surface area (Å²) in [6.45, 7) is 4.29. The van der Waals surface area contributed by atoms with E-state index in [-0.39, 0.29) is 29.7 Å². The predicted molar refractivity (Wildman–Crippen MR) is 130 cm³/mol. The van der Waals surface area contributed by atoms with Crippen molar-refractivity contribution in [1.82, 2.24) is 24.0 Å². The fraction of sp³-hybridized carbons (Fsp3) is 0.333. The molecule has 0 saturated carbocycles. The maximum atomic E-state index is 13.1. The lowest BCUT2D eigenvalue weighted by Gasteiger charge is -2.19. The van der Waals surface area contributed by atoms with Crippen molar-refractivity contribution in [3.05, 3.63) is 84.9 Å². The van der Waals surface area contributed by atoms with Crippen LogP contribution < -0.4 is 16.6 Å². The number of thiophene rings is 1. The molecule has 3 aromatic heterocycles. The second kappa shape index (κ2) is 9.19. The molecule has 4 rings (SSSR count). The number of nitrogens with zero attached hydrogens (tertiary/aromatic N) is 4. The Kier molecular flexibility index (Phi) is 6.33. The van der Waals surface area contributed by atoms with Crippen LogP contribution in [0, 0.1) is 5.92 Å². The Morgan fingerprint density at radius 2 is 1.82 bits per heavy atom. The number of carbonyl (C=O) groups excluding carboxylic acids is 1. The zero-order valence-electron chi connectivity index (χ0n) is 19.1. The van der Waals surface area contributed by atoms with E-state index >= 15 is 0 Å². The molecule has 0 fully saturated rings. The molecule has 0 saturated heterocycles. The molecule has 3 heterocycles. The number of hydrogen-bond acceptors (Lipinski definition) is 5. The van der Waals surface area contributed by atoms with Crippen LogP contribution in [0.5, 0.6) is 0 Å². The Hall–Kier alpha value is -3.46. The van der Waals surface area contributed by atoms with Crippen molar-refractivity contribution in [2.45, 2.75) is 32.9 Å². The molecule has 172 valence electrons. The molecule has 0 radical (unpaired) electrons. The standard InChI is InChI=1S/C24H27N5O3S/c1-15(2)12-16-7-9-17(10-8-16)20(18-6-5-11-33-18)26-19(30)13-29-14-25-22-21(29)23(31)28(4)24(32)27(22)3/h5-11,14-15,20H,12-13H2,1-4H3,(H,26,30). The first-order valence-electron chi connectivity index (χ1n) is 10.8. The lowest BCUT2D eigenvalue weighted by atomic mass is 9.99. The van der Waals surface area contributed by atoms with E-state index in [9.17, 15) is 14.4 Å². The molecule has 4 aromatic rings. The largest absolute Gasteiger partial charge is 0.343 e. The summed E-state index contributed by atoms with van der Waals surface area (Å²) in [5.41, 5.74) is 1.80. The molecule has 8 nitrogen and oxygen atoms in total. The molecule has 0 bridgehead atoms.